The van der Waals surface area contributed by atoms with Gasteiger partial charge in [0.1, 0.15) is 0 Å². The molecule has 0 amide bonds. The Hall–Kier alpha value is -1.58. The van der Waals surface area contributed by atoms with Gasteiger partial charge in [-0.2, -0.15) is 0 Å². The Bertz CT molecular complexity index is 351. The fraction of sp³-hybridized carbons (Fsp3) is 0.250. The van der Waals surface area contributed by atoms with Gasteiger partial charge in [-0.25, -0.2) is 9.97 Å². The van der Waals surface area contributed by atoms with Crippen LogP contribution in [0.5, 0.6) is 0 Å². The van der Waals surface area contributed by atoms with Gasteiger partial charge in [0.15, 0.2) is 23.3 Å². The van der Waals surface area contributed by atoms with Gasteiger partial charge in [0.25, 0.3) is 0 Å². The van der Waals surface area contributed by atoms with E-state index in [0.717, 1.165) is 0 Å². The first kappa shape index (κ1) is 7.09. The Labute approximate surface area is 69.2 Å². The SMILES string of the molecule is Cc1ncc(-c2cnc(C)o2)o1. The molecule has 0 unspecified atom stereocenters. The van der Waals surface area contributed by atoms with Crippen LogP contribution in [0.4, 0.5) is 0 Å². The number of aromatic nitrogens is 2. The zero-order chi connectivity index (χ0) is 8.55. The van der Waals surface area contributed by atoms with Crippen LogP contribution in [-0.2, 0) is 0 Å². The van der Waals surface area contributed by atoms with Crippen LogP contribution in [0.25, 0.3) is 11.5 Å². The van der Waals surface area contributed by atoms with E-state index in [1.165, 1.54) is 0 Å². The van der Waals surface area contributed by atoms with Gasteiger partial charge in [0.05, 0.1) is 12.4 Å². The maximum absolute atomic E-state index is 5.24. The van der Waals surface area contributed by atoms with Crippen molar-refractivity contribution in [2.75, 3.05) is 0 Å². The summed E-state index contributed by atoms with van der Waals surface area (Å²) in [5, 5.41) is 0. The molecule has 0 saturated heterocycles. The predicted octanol–water partition coefficient (Wildman–Crippen LogP) is 1.95. The molecule has 2 rings (SSSR count). The fourth-order valence-corrected chi connectivity index (χ4v) is 0.951. The maximum atomic E-state index is 5.24. The zero-order valence-electron chi connectivity index (χ0n) is 6.87. The third-order valence-electron chi connectivity index (χ3n) is 1.49. The third kappa shape index (κ3) is 1.11. The van der Waals surface area contributed by atoms with E-state index in [1.54, 1.807) is 26.2 Å². The maximum Gasteiger partial charge on any atom is 0.191 e. The van der Waals surface area contributed by atoms with E-state index in [4.69, 9.17) is 8.83 Å². The lowest BCUT2D eigenvalue weighted by molar-refractivity contribution is 0.485. The predicted molar refractivity (Wildman–Crippen MR) is 41.5 cm³/mol. The van der Waals surface area contributed by atoms with E-state index in [0.29, 0.717) is 23.3 Å². The molecule has 2 heterocycles. The molecule has 2 aromatic rings. The van der Waals surface area contributed by atoms with Gasteiger partial charge < -0.3 is 8.83 Å². The molecule has 0 spiro atoms. The molecule has 0 radical (unpaired) electrons. The number of rotatable bonds is 1. The molecule has 12 heavy (non-hydrogen) atoms. The largest absolute Gasteiger partial charge is 0.438 e. The Morgan fingerprint density at radius 3 is 1.58 bits per heavy atom. The summed E-state index contributed by atoms with van der Waals surface area (Å²) < 4.78 is 10.5. The van der Waals surface area contributed by atoms with Crippen molar-refractivity contribution in [2.45, 2.75) is 13.8 Å². The van der Waals surface area contributed by atoms with E-state index in [2.05, 4.69) is 9.97 Å². The Morgan fingerprint density at radius 2 is 1.33 bits per heavy atom. The fourth-order valence-electron chi connectivity index (χ4n) is 0.951. The molecule has 0 aliphatic rings. The van der Waals surface area contributed by atoms with Crippen LogP contribution in [0.1, 0.15) is 11.8 Å². The standard InChI is InChI=1S/C8H8N2O2/c1-5-9-3-7(11-5)8-4-10-6(2)12-8/h3-4H,1-2H3. The first-order valence-corrected chi connectivity index (χ1v) is 3.61. The van der Waals surface area contributed by atoms with Crippen LogP contribution in [0.2, 0.25) is 0 Å². The molecule has 62 valence electrons. The summed E-state index contributed by atoms with van der Waals surface area (Å²) in [6.45, 7) is 3.57. The zero-order valence-corrected chi connectivity index (χ0v) is 6.87. The minimum atomic E-state index is 0.619. The van der Waals surface area contributed by atoms with Crippen molar-refractivity contribution < 1.29 is 8.83 Å². The van der Waals surface area contributed by atoms with Crippen LogP contribution in [-0.4, -0.2) is 9.97 Å². The van der Waals surface area contributed by atoms with E-state index < -0.39 is 0 Å². The van der Waals surface area contributed by atoms with Crippen molar-refractivity contribution in [1.29, 1.82) is 0 Å². The molecule has 2 aromatic heterocycles. The molecule has 0 fully saturated rings. The number of nitrogens with zero attached hydrogens (tertiary/aromatic N) is 2. The van der Waals surface area contributed by atoms with Gasteiger partial charge in [-0.15, -0.1) is 0 Å². The van der Waals surface area contributed by atoms with Crippen molar-refractivity contribution in [2.24, 2.45) is 0 Å². The second-order valence-corrected chi connectivity index (χ2v) is 2.49. The summed E-state index contributed by atoms with van der Waals surface area (Å²) in [5.74, 6) is 2.49. The highest BCUT2D eigenvalue weighted by molar-refractivity contribution is 5.46. The number of hydrogen-bond acceptors (Lipinski definition) is 4. The van der Waals surface area contributed by atoms with Gasteiger partial charge in [0, 0.05) is 13.8 Å². The van der Waals surface area contributed by atoms with Gasteiger partial charge in [-0.3, -0.25) is 0 Å². The van der Waals surface area contributed by atoms with E-state index >= 15 is 0 Å². The Kier molecular flexibility index (Phi) is 1.46. The van der Waals surface area contributed by atoms with Crippen molar-refractivity contribution in [3.8, 4) is 11.5 Å². The Balaban J connectivity index is 2.43. The van der Waals surface area contributed by atoms with Gasteiger partial charge >= 0.3 is 0 Å². The topological polar surface area (TPSA) is 52.1 Å². The summed E-state index contributed by atoms with van der Waals surface area (Å²) in [6.07, 6.45) is 3.24. The summed E-state index contributed by atoms with van der Waals surface area (Å²) in [5.41, 5.74) is 0. The lowest BCUT2D eigenvalue weighted by atomic mass is 10.4. The number of hydrogen-bond donors (Lipinski definition) is 0. The molecule has 0 saturated carbocycles. The summed E-state index contributed by atoms with van der Waals surface area (Å²) in [7, 11) is 0. The second kappa shape index (κ2) is 2.48. The second-order valence-electron chi connectivity index (χ2n) is 2.49. The lowest BCUT2D eigenvalue weighted by Crippen LogP contribution is -1.64. The van der Waals surface area contributed by atoms with Crippen LogP contribution >= 0.6 is 0 Å². The highest BCUT2D eigenvalue weighted by Gasteiger charge is 2.07. The normalized spacial score (nSPS) is 10.5. The summed E-state index contributed by atoms with van der Waals surface area (Å²) in [6, 6.07) is 0. The minimum absolute atomic E-state index is 0.619. The molecule has 4 nitrogen and oxygen atoms in total. The van der Waals surface area contributed by atoms with Gasteiger partial charge in [0.2, 0.25) is 0 Å². The summed E-state index contributed by atoms with van der Waals surface area (Å²) >= 11 is 0. The molecule has 0 aromatic carbocycles. The molecule has 0 N–H and O–H groups in total. The van der Waals surface area contributed by atoms with E-state index in [1.807, 2.05) is 0 Å². The average molecular weight is 164 g/mol. The number of oxazole rings is 2. The van der Waals surface area contributed by atoms with Crippen LogP contribution in [0, 0.1) is 13.8 Å². The first-order chi connectivity index (χ1) is 5.75. The van der Waals surface area contributed by atoms with Gasteiger partial charge in [-0.1, -0.05) is 0 Å². The van der Waals surface area contributed by atoms with Crippen LogP contribution in [0.3, 0.4) is 0 Å². The Morgan fingerprint density at radius 1 is 0.917 bits per heavy atom. The quantitative estimate of drug-likeness (QED) is 0.646. The summed E-state index contributed by atoms with van der Waals surface area (Å²) in [4.78, 5) is 7.90. The molecule has 0 aliphatic heterocycles. The molecule has 0 atom stereocenters. The van der Waals surface area contributed by atoms with Crippen LogP contribution < -0.4 is 0 Å². The molecule has 0 aliphatic carbocycles. The third-order valence-corrected chi connectivity index (χ3v) is 1.49. The molecular formula is C8H8N2O2. The van der Waals surface area contributed by atoms with Crippen molar-refractivity contribution in [3.05, 3.63) is 24.2 Å². The smallest absolute Gasteiger partial charge is 0.191 e. The first-order valence-electron chi connectivity index (χ1n) is 3.61. The molecule has 4 heteroatoms. The lowest BCUT2D eigenvalue weighted by Gasteiger charge is -1.85. The van der Waals surface area contributed by atoms with Crippen molar-refractivity contribution >= 4 is 0 Å². The monoisotopic (exact) mass is 164 g/mol. The average Bonchev–Trinajstić information content (AvgIpc) is 2.58. The van der Waals surface area contributed by atoms with Gasteiger partial charge in [-0.05, 0) is 0 Å². The van der Waals surface area contributed by atoms with Crippen molar-refractivity contribution in [3.63, 3.8) is 0 Å². The molecule has 0 bridgehead atoms. The minimum Gasteiger partial charge on any atom is -0.438 e. The van der Waals surface area contributed by atoms with Crippen molar-refractivity contribution in [1.82, 2.24) is 9.97 Å². The molecular weight excluding hydrogens is 156 g/mol. The highest BCUT2D eigenvalue weighted by Crippen LogP contribution is 2.20. The van der Waals surface area contributed by atoms with E-state index in [-0.39, 0.29) is 0 Å². The highest BCUT2D eigenvalue weighted by atomic mass is 16.4. The number of aryl methyl sites for hydroxylation is 2. The van der Waals surface area contributed by atoms with Crippen LogP contribution in [0.15, 0.2) is 21.2 Å². The van der Waals surface area contributed by atoms with E-state index in [9.17, 15) is 0 Å².